The summed E-state index contributed by atoms with van der Waals surface area (Å²) in [5, 5.41) is 4.10. The molecular formula is C26H28FN3O5S. The van der Waals surface area contributed by atoms with Crippen molar-refractivity contribution in [3.8, 4) is 11.5 Å². The zero-order valence-electron chi connectivity index (χ0n) is 20.3. The van der Waals surface area contributed by atoms with Crippen molar-refractivity contribution in [1.29, 1.82) is 0 Å². The van der Waals surface area contributed by atoms with Gasteiger partial charge in [0.05, 0.1) is 24.8 Å². The fourth-order valence-corrected chi connectivity index (χ4v) is 4.81. The maximum Gasteiger partial charge on any atom is 0.264 e. The lowest BCUT2D eigenvalue weighted by Gasteiger charge is -2.24. The smallest absolute Gasteiger partial charge is 0.264 e. The van der Waals surface area contributed by atoms with E-state index in [0.717, 1.165) is 28.4 Å². The molecule has 0 saturated carbocycles. The number of carbonyl (C=O) groups excluding carboxylic acids is 1. The summed E-state index contributed by atoms with van der Waals surface area (Å²) in [5.74, 6) is -0.628. The van der Waals surface area contributed by atoms with Gasteiger partial charge in [0.25, 0.3) is 15.9 Å². The van der Waals surface area contributed by atoms with Crippen molar-refractivity contribution in [3.63, 3.8) is 0 Å². The highest BCUT2D eigenvalue weighted by Gasteiger charge is 2.28. The molecule has 3 aromatic rings. The number of methoxy groups -OCH3 is 2. The molecule has 0 bridgehead atoms. The van der Waals surface area contributed by atoms with Crippen LogP contribution in [0.15, 0.2) is 82.8 Å². The normalized spacial score (nSPS) is 11.6. The first-order valence-corrected chi connectivity index (χ1v) is 12.5. The Morgan fingerprint density at radius 1 is 0.972 bits per heavy atom. The van der Waals surface area contributed by atoms with Gasteiger partial charge < -0.3 is 9.47 Å². The van der Waals surface area contributed by atoms with Crippen molar-refractivity contribution in [2.75, 3.05) is 25.1 Å². The number of carbonyl (C=O) groups is 1. The van der Waals surface area contributed by atoms with E-state index in [-0.39, 0.29) is 16.3 Å². The summed E-state index contributed by atoms with van der Waals surface area (Å²) in [6.45, 7) is 1.21. The van der Waals surface area contributed by atoms with Crippen LogP contribution in [-0.4, -0.2) is 40.8 Å². The fourth-order valence-electron chi connectivity index (χ4n) is 3.38. The van der Waals surface area contributed by atoms with Gasteiger partial charge >= 0.3 is 0 Å². The molecule has 0 aliphatic heterocycles. The van der Waals surface area contributed by atoms with Gasteiger partial charge in [0.15, 0.2) is 11.5 Å². The van der Waals surface area contributed by atoms with Gasteiger partial charge in [0.2, 0.25) is 0 Å². The first-order valence-electron chi connectivity index (χ1n) is 11.1. The van der Waals surface area contributed by atoms with Crippen molar-refractivity contribution < 1.29 is 27.1 Å². The number of hydrazone groups is 1. The van der Waals surface area contributed by atoms with E-state index in [1.807, 2.05) is 30.3 Å². The molecule has 0 heterocycles. The molecule has 0 saturated heterocycles. The van der Waals surface area contributed by atoms with E-state index < -0.39 is 28.3 Å². The molecule has 0 aromatic heterocycles. The molecule has 0 unspecified atom stereocenters. The average Bonchev–Trinajstić information content (AvgIpc) is 2.90. The molecule has 0 fully saturated rings. The van der Waals surface area contributed by atoms with Gasteiger partial charge in [-0.05, 0) is 61.7 Å². The molecular weight excluding hydrogens is 485 g/mol. The van der Waals surface area contributed by atoms with Crippen LogP contribution in [0.4, 0.5) is 10.1 Å². The molecule has 3 rings (SSSR count). The van der Waals surface area contributed by atoms with Crippen LogP contribution in [0.3, 0.4) is 0 Å². The van der Waals surface area contributed by atoms with E-state index in [1.54, 1.807) is 6.92 Å². The van der Waals surface area contributed by atoms with Crippen molar-refractivity contribution in [2.45, 2.75) is 24.7 Å². The highest BCUT2D eigenvalue weighted by atomic mass is 32.2. The average molecular weight is 514 g/mol. The predicted octanol–water partition coefficient (Wildman–Crippen LogP) is 4.16. The Hall–Kier alpha value is -3.92. The number of aryl methyl sites for hydroxylation is 1. The largest absolute Gasteiger partial charge is 0.493 e. The minimum atomic E-state index is -4.24. The number of benzene rings is 3. The molecule has 0 radical (unpaired) electrons. The maximum atomic E-state index is 13.5. The van der Waals surface area contributed by atoms with Crippen molar-refractivity contribution in [1.82, 2.24) is 5.43 Å². The predicted molar refractivity (Wildman–Crippen MR) is 136 cm³/mol. The summed E-state index contributed by atoms with van der Waals surface area (Å²) in [6, 6.07) is 18.8. The molecule has 0 aliphatic rings. The number of ether oxygens (including phenoxy) is 2. The summed E-state index contributed by atoms with van der Waals surface area (Å²) in [7, 11) is -1.42. The Kier molecular flexibility index (Phi) is 9.02. The van der Waals surface area contributed by atoms with Crippen LogP contribution in [0.5, 0.6) is 11.5 Å². The Morgan fingerprint density at radius 2 is 1.64 bits per heavy atom. The third-order valence-corrected chi connectivity index (χ3v) is 7.10. The molecule has 36 heavy (non-hydrogen) atoms. The third-order valence-electron chi connectivity index (χ3n) is 5.33. The van der Waals surface area contributed by atoms with Crippen molar-refractivity contribution >= 4 is 27.3 Å². The monoisotopic (exact) mass is 513 g/mol. The second-order valence-corrected chi connectivity index (χ2v) is 9.73. The molecule has 190 valence electrons. The second-order valence-electron chi connectivity index (χ2n) is 7.87. The first-order chi connectivity index (χ1) is 17.2. The van der Waals surface area contributed by atoms with E-state index in [9.17, 15) is 17.6 Å². The first kappa shape index (κ1) is 26.7. The molecule has 1 amide bonds. The number of hydrogen-bond acceptors (Lipinski definition) is 6. The van der Waals surface area contributed by atoms with Crippen LogP contribution in [0.2, 0.25) is 0 Å². The fraction of sp³-hybridized carbons (Fsp3) is 0.231. The highest BCUT2D eigenvalue weighted by Crippen LogP contribution is 2.32. The summed E-state index contributed by atoms with van der Waals surface area (Å²) >= 11 is 0. The molecule has 3 aromatic carbocycles. The lowest BCUT2D eigenvalue weighted by Crippen LogP contribution is -2.39. The number of nitrogens with zero attached hydrogens (tertiary/aromatic N) is 2. The maximum absolute atomic E-state index is 13.5. The highest BCUT2D eigenvalue weighted by molar-refractivity contribution is 7.92. The summed E-state index contributed by atoms with van der Waals surface area (Å²) in [6.07, 6.45) is 1.37. The van der Waals surface area contributed by atoms with Crippen LogP contribution in [-0.2, 0) is 21.2 Å². The van der Waals surface area contributed by atoms with Gasteiger partial charge in [-0.2, -0.15) is 5.10 Å². The summed E-state index contributed by atoms with van der Waals surface area (Å²) in [4.78, 5) is 12.6. The molecule has 0 spiro atoms. The van der Waals surface area contributed by atoms with Gasteiger partial charge in [0, 0.05) is 11.8 Å². The van der Waals surface area contributed by atoms with Crippen LogP contribution in [0, 0.1) is 5.82 Å². The SMILES string of the molecule is COc1ccc(S(=O)(=O)N(CC(=O)N/N=C(/C)CCc2ccccc2)c2ccc(F)cc2)cc1OC. The molecule has 10 heteroatoms. The quantitative estimate of drug-likeness (QED) is 0.307. The number of anilines is 1. The molecule has 0 atom stereocenters. The molecule has 8 nitrogen and oxygen atoms in total. The molecule has 1 N–H and O–H groups in total. The minimum Gasteiger partial charge on any atom is -0.493 e. The number of hydrogen-bond donors (Lipinski definition) is 1. The Labute approximate surface area is 210 Å². The van der Waals surface area contributed by atoms with Crippen molar-refractivity contribution in [3.05, 3.63) is 84.2 Å². The van der Waals surface area contributed by atoms with Gasteiger partial charge in [-0.1, -0.05) is 30.3 Å². The van der Waals surface area contributed by atoms with Gasteiger partial charge in [-0.15, -0.1) is 0 Å². The number of halogens is 1. The van der Waals surface area contributed by atoms with E-state index >= 15 is 0 Å². The Bertz CT molecular complexity index is 1310. The zero-order valence-corrected chi connectivity index (χ0v) is 21.1. The van der Waals surface area contributed by atoms with E-state index in [1.165, 1.54) is 44.6 Å². The van der Waals surface area contributed by atoms with Crippen molar-refractivity contribution in [2.24, 2.45) is 5.10 Å². The summed E-state index contributed by atoms with van der Waals surface area (Å²) in [5.41, 5.74) is 4.36. The summed E-state index contributed by atoms with van der Waals surface area (Å²) < 4.78 is 51.9. The van der Waals surface area contributed by atoms with E-state index in [2.05, 4.69) is 10.5 Å². The van der Waals surface area contributed by atoms with Gasteiger partial charge in [-0.3, -0.25) is 9.10 Å². The lowest BCUT2D eigenvalue weighted by molar-refractivity contribution is -0.119. The number of amides is 1. The Morgan fingerprint density at radius 3 is 2.28 bits per heavy atom. The second kappa shape index (κ2) is 12.2. The Balaban J connectivity index is 1.81. The number of nitrogens with one attached hydrogen (secondary N) is 1. The lowest BCUT2D eigenvalue weighted by atomic mass is 10.1. The third kappa shape index (κ3) is 6.82. The van der Waals surface area contributed by atoms with Crippen LogP contribution < -0.4 is 19.2 Å². The topological polar surface area (TPSA) is 97.3 Å². The van der Waals surface area contributed by atoms with E-state index in [4.69, 9.17) is 9.47 Å². The number of rotatable bonds is 11. The van der Waals surface area contributed by atoms with Crippen LogP contribution >= 0.6 is 0 Å². The van der Waals surface area contributed by atoms with E-state index in [0.29, 0.717) is 17.9 Å². The van der Waals surface area contributed by atoms with Crippen LogP contribution in [0.25, 0.3) is 0 Å². The zero-order chi connectivity index (χ0) is 26.1. The minimum absolute atomic E-state index is 0.117. The van der Waals surface area contributed by atoms with Gasteiger partial charge in [-0.25, -0.2) is 18.2 Å². The standard InChI is InChI=1S/C26H28FN3O5S/c1-19(9-10-20-7-5-4-6-8-20)28-29-26(31)18-30(22-13-11-21(27)12-14-22)36(32,33)23-15-16-24(34-2)25(17-23)35-3/h4-8,11-17H,9-10,18H2,1-3H3,(H,29,31)/b28-19-. The van der Waals surface area contributed by atoms with Gasteiger partial charge in [0.1, 0.15) is 12.4 Å². The van der Waals surface area contributed by atoms with Crippen LogP contribution in [0.1, 0.15) is 18.9 Å². The molecule has 0 aliphatic carbocycles. The number of sulfonamides is 1.